The van der Waals surface area contributed by atoms with Crippen LogP contribution in [0.25, 0.3) is 10.2 Å². The van der Waals surface area contributed by atoms with Gasteiger partial charge in [-0.2, -0.15) is 0 Å². The molecular weight excluding hydrogens is 242 g/mol. The number of thiophene rings is 1. The molecule has 96 valence electrons. The summed E-state index contributed by atoms with van der Waals surface area (Å²) in [6.45, 7) is 2.28. The van der Waals surface area contributed by atoms with Crippen molar-refractivity contribution in [1.82, 2.24) is 9.97 Å². The number of hydrogen-bond donors (Lipinski definition) is 1. The molecular formula is C14H19N3S. The van der Waals surface area contributed by atoms with Crippen molar-refractivity contribution in [2.75, 3.05) is 5.73 Å². The van der Waals surface area contributed by atoms with Gasteiger partial charge in [0.2, 0.25) is 0 Å². The quantitative estimate of drug-likeness (QED) is 0.890. The number of rotatable bonds is 2. The second-order valence-corrected chi connectivity index (χ2v) is 6.14. The fraction of sp³-hybridized carbons (Fsp3) is 0.571. The van der Waals surface area contributed by atoms with Crippen LogP contribution < -0.4 is 5.73 Å². The second-order valence-electron chi connectivity index (χ2n) is 5.24. The van der Waals surface area contributed by atoms with Gasteiger partial charge in [-0.3, -0.25) is 0 Å². The Morgan fingerprint density at radius 2 is 2.28 bits per heavy atom. The molecule has 0 aromatic carbocycles. The van der Waals surface area contributed by atoms with Crippen molar-refractivity contribution in [3.8, 4) is 0 Å². The summed E-state index contributed by atoms with van der Waals surface area (Å²) >= 11 is 1.66. The van der Waals surface area contributed by atoms with Crippen LogP contribution >= 0.6 is 11.3 Å². The van der Waals surface area contributed by atoms with Crippen molar-refractivity contribution in [3.05, 3.63) is 17.3 Å². The highest BCUT2D eigenvalue weighted by atomic mass is 32.1. The molecule has 2 N–H and O–H groups in total. The molecule has 2 aromatic heterocycles. The van der Waals surface area contributed by atoms with Gasteiger partial charge in [0.1, 0.15) is 16.5 Å². The van der Waals surface area contributed by atoms with Crippen LogP contribution in [0.2, 0.25) is 0 Å². The zero-order valence-corrected chi connectivity index (χ0v) is 11.5. The van der Waals surface area contributed by atoms with Gasteiger partial charge in [0, 0.05) is 5.92 Å². The van der Waals surface area contributed by atoms with Crippen LogP contribution in [0.1, 0.15) is 50.8 Å². The lowest BCUT2D eigenvalue weighted by molar-refractivity contribution is 0.308. The van der Waals surface area contributed by atoms with Crippen molar-refractivity contribution in [3.63, 3.8) is 0 Å². The van der Waals surface area contributed by atoms with Crippen LogP contribution in [0.4, 0.5) is 5.82 Å². The van der Waals surface area contributed by atoms with Gasteiger partial charge >= 0.3 is 0 Å². The first kappa shape index (κ1) is 11.9. The van der Waals surface area contributed by atoms with E-state index in [1.165, 1.54) is 32.1 Å². The van der Waals surface area contributed by atoms with E-state index in [-0.39, 0.29) is 0 Å². The van der Waals surface area contributed by atoms with E-state index in [9.17, 15) is 0 Å². The monoisotopic (exact) mass is 261 g/mol. The van der Waals surface area contributed by atoms with E-state index in [0.29, 0.717) is 11.7 Å². The highest BCUT2D eigenvalue weighted by Gasteiger charge is 2.24. The summed E-state index contributed by atoms with van der Waals surface area (Å²) in [5.41, 5.74) is 6.03. The van der Waals surface area contributed by atoms with Gasteiger partial charge < -0.3 is 5.73 Å². The van der Waals surface area contributed by atoms with Crippen LogP contribution in [-0.2, 0) is 0 Å². The van der Waals surface area contributed by atoms with Gasteiger partial charge in [0.15, 0.2) is 0 Å². The number of hydrogen-bond acceptors (Lipinski definition) is 4. The molecule has 1 saturated carbocycles. The van der Waals surface area contributed by atoms with Crippen LogP contribution in [-0.4, -0.2) is 9.97 Å². The molecule has 18 heavy (non-hydrogen) atoms. The van der Waals surface area contributed by atoms with E-state index in [4.69, 9.17) is 10.7 Å². The van der Waals surface area contributed by atoms with Crippen LogP contribution in [0, 0.1) is 5.92 Å². The van der Waals surface area contributed by atoms with Crippen molar-refractivity contribution < 1.29 is 0 Å². The third-order valence-electron chi connectivity index (χ3n) is 4.10. The summed E-state index contributed by atoms with van der Waals surface area (Å²) in [6.07, 6.45) is 6.38. The first-order valence-corrected chi connectivity index (χ1v) is 7.66. The largest absolute Gasteiger partial charge is 0.383 e. The molecule has 2 atom stereocenters. The molecule has 0 amide bonds. The molecule has 0 aliphatic heterocycles. The first-order chi connectivity index (χ1) is 8.78. The minimum Gasteiger partial charge on any atom is -0.383 e. The number of nitrogens with zero attached hydrogens (tertiary/aromatic N) is 2. The molecule has 0 radical (unpaired) electrons. The van der Waals surface area contributed by atoms with Gasteiger partial charge in [-0.25, -0.2) is 9.97 Å². The molecule has 0 bridgehead atoms. The number of anilines is 1. The van der Waals surface area contributed by atoms with E-state index in [2.05, 4.69) is 11.9 Å². The van der Waals surface area contributed by atoms with E-state index in [0.717, 1.165) is 22.0 Å². The molecule has 0 spiro atoms. The van der Waals surface area contributed by atoms with Crippen molar-refractivity contribution in [2.24, 2.45) is 5.92 Å². The maximum atomic E-state index is 6.03. The average Bonchev–Trinajstić information content (AvgIpc) is 2.87. The maximum Gasteiger partial charge on any atom is 0.135 e. The summed E-state index contributed by atoms with van der Waals surface area (Å²) in [5, 5.41) is 3.04. The van der Waals surface area contributed by atoms with E-state index >= 15 is 0 Å². The molecule has 2 aromatic rings. The molecule has 2 heterocycles. The summed E-state index contributed by atoms with van der Waals surface area (Å²) in [4.78, 5) is 10.3. The minimum absolute atomic E-state index is 0.512. The standard InChI is InChI=1S/C14H19N3S/c1-2-9-4-3-5-10(8-9)13-16-12(15)11-6-7-18-14(11)17-13/h6-7,9-10H,2-5,8H2,1H3,(H2,15,16,17). The van der Waals surface area contributed by atoms with Crippen molar-refractivity contribution in [1.29, 1.82) is 0 Å². The summed E-state index contributed by atoms with van der Waals surface area (Å²) in [6, 6.07) is 2.01. The molecule has 1 aliphatic carbocycles. The topological polar surface area (TPSA) is 51.8 Å². The number of aromatic nitrogens is 2. The fourth-order valence-corrected chi connectivity index (χ4v) is 3.75. The van der Waals surface area contributed by atoms with Crippen molar-refractivity contribution in [2.45, 2.75) is 44.9 Å². The molecule has 2 unspecified atom stereocenters. The van der Waals surface area contributed by atoms with E-state index < -0.39 is 0 Å². The second kappa shape index (κ2) is 4.84. The molecule has 4 heteroatoms. The smallest absolute Gasteiger partial charge is 0.135 e. The zero-order chi connectivity index (χ0) is 12.5. The fourth-order valence-electron chi connectivity index (χ4n) is 2.97. The molecule has 3 rings (SSSR count). The predicted octanol–water partition coefficient (Wildman–Crippen LogP) is 3.96. The summed E-state index contributed by atoms with van der Waals surface area (Å²) in [7, 11) is 0. The molecule has 1 fully saturated rings. The lowest BCUT2D eigenvalue weighted by atomic mass is 9.80. The highest BCUT2D eigenvalue weighted by molar-refractivity contribution is 7.16. The maximum absolute atomic E-state index is 6.03. The highest BCUT2D eigenvalue weighted by Crippen LogP contribution is 2.37. The van der Waals surface area contributed by atoms with Crippen molar-refractivity contribution >= 4 is 27.4 Å². The van der Waals surface area contributed by atoms with Gasteiger partial charge in [-0.15, -0.1) is 11.3 Å². The number of nitrogen functional groups attached to an aromatic ring is 1. The third-order valence-corrected chi connectivity index (χ3v) is 4.90. The van der Waals surface area contributed by atoms with Gasteiger partial charge in [-0.05, 0) is 30.2 Å². The third kappa shape index (κ3) is 2.09. The predicted molar refractivity (Wildman–Crippen MR) is 76.8 cm³/mol. The number of nitrogens with two attached hydrogens (primary N) is 1. The Labute approximate surface area is 111 Å². The average molecular weight is 261 g/mol. The van der Waals surface area contributed by atoms with E-state index in [1.54, 1.807) is 11.3 Å². The number of fused-ring (bicyclic) bond motifs is 1. The molecule has 0 saturated heterocycles. The Morgan fingerprint density at radius 3 is 3.11 bits per heavy atom. The SMILES string of the molecule is CCC1CCCC(c2nc(N)c3ccsc3n2)C1. The first-order valence-electron chi connectivity index (χ1n) is 6.78. The molecule has 3 nitrogen and oxygen atoms in total. The lowest BCUT2D eigenvalue weighted by Crippen LogP contribution is -2.16. The van der Waals surface area contributed by atoms with Crippen LogP contribution in [0.5, 0.6) is 0 Å². The molecule has 1 aliphatic rings. The Morgan fingerprint density at radius 1 is 1.39 bits per heavy atom. The lowest BCUT2D eigenvalue weighted by Gasteiger charge is -2.27. The van der Waals surface area contributed by atoms with Gasteiger partial charge in [0.25, 0.3) is 0 Å². The Balaban J connectivity index is 1.93. The minimum atomic E-state index is 0.512. The summed E-state index contributed by atoms with van der Waals surface area (Å²) in [5.74, 6) is 2.97. The summed E-state index contributed by atoms with van der Waals surface area (Å²) < 4.78 is 0. The normalized spacial score (nSPS) is 24.5. The Bertz CT molecular complexity index is 549. The van der Waals surface area contributed by atoms with Crippen LogP contribution in [0.3, 0.4) is 0 Å². The van der Waals surface area contributed by atoms with Gasteiger partial charge in [0.05, 0.1) is 5.39 Å². The Kier molecular flexibility index (Phi) is 3.20. The van der Waals surface area contributed by atoms with Crippen LogP contribution in [0.15, 0.2) is 11.4 Å². The van der Waals surface area contributed by atoms with Gasteiger partial charge in [-0.1, -0.05) is 26.2 Å². The van der Waals surface area contributed by atoms with E-state index in [1.807, 2.05) is 11.4 Å². The Hall–Kier alpha value is -1.16. The zero-order valence-electron chi connectivity index (χ0n) is 10.7.